The largest absolute Gasteiger partial charge is 0.383 e. The Balaban J connectivity index is 1.58. The minimum absolute atomic E-state index is 0.0528. The molecule has 2 saturated heterocycles. The summed E-state index contributed by atoms with van der Waals surface area (Å²) >= 11 is 0. The van der Waals surface area contributed by atoms with Crippen LogP contribution in [0.15, 0.2) is 12.3 Å². The Hall–Kier alpha value is -1.89. The lowest BCUT2D eigenvalue weighted by Gasteiger charge is -2.48. The van der Waals surface area contributed by atoms with Crippen molar-refractivity contribution in [1.82, 2.24) is 19.6 Å². The quantitative estimate of drug-likeness (QED) is 0.768. The first-order chi connectivity index (χ1) is 12.5. The van der Waals surface area contributed by atoms with Crippen molar-refractivity contribution in [2.45, 2.75) is 45.6 Å². The number of ether oxygens (including phenoxy) is 1. The molecule has 0 bridgehead atoms. The molecule has 1 aromatic rings. The topological polar surface area (TPSA) is 67.7 Å². The predicted molar refractivity (Wildman–Crippen MR) is 97.5 cm³/mol. The summed E-state index contributed by atoms with van der Waals surface area (Å²) in [5, 5.41) is 4.25. The Bertz CT molecular complexity index is 644. The highest BCUT2D eigenvalue weighted by atomic mass is 16.5. The lowest BCUT2D eigenvalue weighted by Crippen LogP contribution is -2.55. The number of hydrogen-bond acceptors (Lipinski definition) is 4. The molecule has 0 aromatic carbocycles. The molecule has 3 rings (SSSR count). The highest BCUT2D eigenvalue weighted by molar-refractivity contribution is 5.78. The molecule has 7 heteroatoms. The van der Waals surface area contributed by atoms with Gasteiger partial charge in [0.15, 0.2) is 0 Å². The van der Waals surface area contributed by atoms with E-state index in [0.717, 1.165) is 44.6 Å². The van der Waals surface area contributed by atoms with Crippen LogP contribution >= 0.6 is 0 Å². The average molecular weight is 362 g/mol. The molecular formula is C19H30N4O3. The molecule has 1 spiro atoms. The van der Waals surface area contributed by atoms with Crippen molar-refractivity contribution in [1.29, 1.82) is 0 Å². The fraction of sp³-hybridized carbons (Fsp3) is 0.737. The lowest BCUT2D eigenvalue weighted by molar-refractivity contribution is -0.143. The van der Waals surface area contributed by atoms with Crippen LogP contribution in [0.4, 0.5) is 0 Å². The standard InChI is InChI=1S/C19H30N4O3/c1-16-5-9-20-23(16)11-6-18(25)21-10-3-7-19(14-21)8-4-17(24)22(15-19)12-13-26-2/h5,9H,3-4,6-8,10-15H2,1-2H3/t19-/m1/s1. The molecule has 2 aliphatic heterocycles. The number of piperidine rings is 2. The number of hydrogen-bond donors (Lipinski definition) is 0. The summed E-state index contributed by atoms with van der Waals surface area (Å²) in [6.07, 6.45) is 5.81. The van der Waals surface area contributed by atoms with E-state index in [0.29, 0.717) is 32.5 Å². The van der Waals surface area contributed by atoms with Gasteiger partial charge in [-0.15, -0.1) is 0 Å². The first kappa shape index (κ1) is 18.9. The van der Waals surface area contributed by atoms with Crippen molar-refractivity contribution in [2.24, 2.45) is 5.41 Å². The third-order valence-electron chi connectivity index (χ3n) is 5.79. The molecule has 0 unspecified atom stereocenters. The molecule has 0 saturated carbocycles. The number of carbonyl (C=O) groups is 2. The van der Waals surface area contributed by atoms with Crippen LogP contribution in [0.1, 0.15) is 37.8 Å². The van der Waals surface area contributed by atoms with Crippen LogP contribution in [-0.2, 0) is 20.9 Å². The van der Waals surface area contributed by atoms with E-state index in [4.69, 9.17) is 4.74 Å². The maximum atomic E-state index is 12.7. The molecule has 0 aliphatic carbocycles. The normalized spacial score (nSPS) is 23.7. The highest BCUT2D eigenvalue weighted by Gasteiger charge is 2.42. The monoisotopic (exact) mass is 362 g/mol. The third kappa shape index (κ3) is 4.26. The minimum Gasteiger partial charge on any atom is -0.383 e. The second-order valence-electron chi connectivity index (χ2n) is 7.67. The molecular weight excluding hydrogens is 332 g/mol. The average Bonchev–Trinajstić information content (AvgIpc) is 3.06. The Morgan fingerprint density at radius 2 is 2.15 bits per heavy atom. The van der Waals surface area contributed by atoms with Gasteiger partial charge in [0.25, 0.3) is 0 Å². The van der Waals surface area contributed by atoms with Gasteiger partial charge >= 0.3 is 0 Å². The zero-order chi connectivity index (χ0) is 18.6. The van der Waals surface area contributed by atoms with Crippen LogP contribution in [-0.4, -0.2) is 71.3 Å². The van der Waals surface area contributed by atoms with Crippen molar-refractivity contribution >= 4 is 11.8 Å². The first-order valence-corrected chi connectivity index (χ1v) is 9.56. The number of likely N-dealkylation sites (tertiary alicyclic amines) is 2. The predicted octanol–water partition coefficient (Wildman–Crippen LogP) is 1.46. The Morgan fingerprint density at radius 1 is 1.31 bits per heavy atom. The number of methoxy groups -OCH3 is 1. The van der Waals surface area contributed by atoms with Gasteiger partial charge in [-0.05, 0) is 32.3 Å². The van der Waals surface area contributed by atoms with E-state index in [1.807, 2.05) is 27.5 Å². The van der Waals surface area contributed by atoms with Gasteiger partial charge in [0.05, 0.1) is 6.61 Å². The van der Waals surface area contributed by atoms with Crippen LogP contribution in [0.2, 0.25) is 0 Å². The van der Waals surface area contributed by atoms with Gasteiger partial charge in [0.1, 0.15) is 0 Å². The second kappa shape index (κ2) is 8.20. The van der Waals surface area contributed by atoms with E-state index in [-0.39, 0.29) is 17.2 Å². The highest BCUT2D eigenvalue weighted by Crippen LogP contribution is 2.39. The van der Waals surface area contributed by atoms with Gasteiger partial charge in [-0.2, -0.15) is 5.10 Å². The summed E-state index contributed by atoms with van der Waals surface area (Å²) in [5.41, 5.74) is 1.13. The number of aromatic nitrogens is 2. The van der Waals surface area contributed by atoms with Crippen molar-refractivity contribution in [3.05, 3.63) is 18.0 Å². The van der Waals surface area contributed by atoms with Gasteiger partial charge in [-0.1, -0.05) is 0 Å². The fourth-order valence-electron chi connectivity index (χ4n) is 4.25. The molecule has 2 amide bonds. The molecule has 144 valence electrons. The van der Waals surface area contributed by atoms with E-state index < -0.39 is 0 Å². The minimum atomic E-state index is 0.0528. The van der Waals surface area contributed by atoms with Crippen molar-refractivity contribution in [3.8, 4) is 0 Å². The first-order valence-electron chi connectivity index (χ1n) is 9.56. The van der Waals surface area contributed by atoms with Crippen molar-refractivity contribution in [2.75, 3.05) is 39.9 Å². The van der Waals surface area contributed by atoms with E-state index >= 15 is 0 Å². The summed E-state index contributed by atoms with van der Waals surface area (Å²) in [6.45, 7) is 6.17. The third-order valence-corrected chi connectivity index (χ3v) is 5.79. The Kier molecular flexibility index (Phi) is 5.96. The molecule has 0 N–H and O–H groups in total. The molecule has 1 aromatic heterocycles. The van der Waals surface area contributed by atoms with E-state index in [1.54, 1.807) is 13.3 Å². The van der Waals surface area contributed by atoms with E-state index in [9.17, 15) is 9.59 Å². The maximum Gasteiger partial charge on any atom is 0.224 e. The molecule has 1 atom stereocenters. The number of rotatable bonds is 6. The zero-order valence-corrected chi connectivity index (χ0v) is 15.9. The number of amides is 2. The van der Waals surface area contributed by atoms with Gasteiger partial charge in [0.2, 0.25) is 11.8 Å². The van der Waals surface area contributed by atoms with Crippen LogP contribution in [0.25, 0.3) is 0 Å². The molecule has 2 aliphatic rings. The second-order valence-corrected chi connectivity index (χ2v) is 7.67. The number of aryl methyl sites for hydroxylation is 2. The summed E-state index contributed by atoms with van der Waals surface area (Å²) < 4.78 is 7.02. The maximum absolute atomic E-state index is 12.7. The van der Waals surface area contributed by atoms with Crippen molar-refractivity contribution in [3.63, 3.8) is 0 Å². The lowest BCUT2D eigenvalue weighted by atomic mass is 9.73. The van der Waals surface area contributed by atoms with E-state index in [2.05, 4.69) is 5.10 Å². The number of nitrogens with zero attached hydrogens (tertiary/aromatic N) is 4. The van der Waals surface area contributed by atoms with Gasteiger partial charge in [0, 0.05) is 70.0 Å². The molecule has 26 heavy (non-hydrogen) atoms. The summed E-state index contributed by atoms with van der Waals surface area (Å²) in [5.74, 6) is 0.407. The van der Waals surface area contributed by atoms with Crippen LogP contribution in [0.3, 0.4) is 0 Å². The number of carbonyl (C=O) groups excluding carboxylic acids is 2. The Labute approximate surface area is 155 Å². The van der Waals surface area contributed by atoms with Crippen LogP contribution in [0, 0.1) is 12.3 Å². The van der Waals surface area contributed by atoms with Gasteiger partial charge < -0.3 is 14.5 Å². The zero-order valence-electron chi connectivity index (χ0n) is 15.9. The van der Waals surface area contributed by atoms with Crippen LogP contribution < -0.4 is 0 Å². The van der Waals surface area contributed by atoms with Crippen molar-refractivity contribution < 1.29 is 14.3 Å². The fourth-order valence-corrected chi connectivity index (χ4v) is 4.25. The summed E-state index contributed by atoms with van der Waals surface area (Å²) in [4.78, 5) is 28.9. The summed E-state index contributed by atoms with van der Waals surface area (Å²) in [6, 6.07) is 1.95. The molecule has 7 nitrogen and oxygen atoms in total. The SMILES string of the molecule is COCCN1C[C@]2(CCCN(C(=O)CCn3nccc3C)C2)CCC1=O. The molecule has 3 heterocycles. The Morgan fingerprint density at radius 3 is 2.88 bits per heavy atom. The van der Waals surface area contributed by atoms with Gasteiger partial charge in [-0.25, -0.2) is 0 Å². The molecule has 2 fully saturated rings. The van der Waals surface area contributed by atoms with Crippen LogP contribution in [0.5, 0.6) is 0 Å². The van der Waals surface area contributed by atoms with E-state index in [1.165, 1.54) is 0 Å². The summed E-state index contributed by atoms with van der Waals surface area (Å²) in [7, 11) is 1.66. The smallest absolute Gasteiger partial charge is 0.224 e. The molecule has 0 radical (unpaired) electrons. The van der Waals surface area contributed by atoms with Gasteiger partial charge in [-0.3, -0.25) is 14.3 Å².